The lowest BCUT2D eigenvalue weighted by Crippen LogP contribution is -2.43. The van der Waals surface area contributed by atoms with Crippen LogP contribution in [-0.4, -0.2) is 58.3 Å². The Balaban J connectivity index is 2.30. The number of epoxide rings is 1. The summed E-state index contributed by atoms with van der Waals surface area (Å²) in [6.07, 6.45) is 5.35. The van der Waals surface area contributed by atoms with Crippen LogP contribution in [0.15, 0.2) is 24.3 Å². The molecular weight excluding hydrogens is 388 g/mol. The van der Waals surface area contributed by atoms with E-state index in [0.717, 1.165) is 0 Å². The van der Waals surface area contributed by atoms with E-state index in [1.165, 1.54) is 14.0 Å². The van der Waals surface area contributed by atoms with Crippen LogP contribution >= 0.6 is 0 Å². The van der Waals surface area contributed by atoms with E-state index in [1.807, 2.05) is 13.0 Å². The van der Waals surface area contributed by atoms with Gasteiger partial charge < -0.3 is 24.4 Å². The highest BCUT2D eigenvalue weighted by atomic mass is 16.6. The van der Waals surface area contributed by atoms with E-state index in [4.69, 9.17) is 14.2 Å². The summed E-state index contributed by atoms with van der Waals surface area (Å²) in [5.41, 5.74) is -2.44. The average Bonchev–Trinajstić information content (AvgIpc) is 3.28. The molecule has 0 amide bonds. The molecule has 1 fully saturated rings. The van der Waals surface area contributed by atoms with Crippen LogP contribution in [0.5, 0.6) is 0 Å². The first-order valence-corrected chi connectivity index (χ1v) is 10.5. The van der Waals surface area contributed by atoms with Crippen LogP contribution in [0.25, 0.3) is 0 Å². The molecule has 30 heavy (non-hydrogen) atoms. The Labute approximate surface area is 179 Å². The zero-order valence-corrected chi connectivity index (χ0v) is 18.8. The monoisotopic (exact) mass is 424 g/mol. The van der Waals surface area contributed by atoms with Crippen LogP contribution in [0.3, 0.4) is 0 Å². The summed E-state index contributed by atoms with van der Waals surface area (Å²) < 4.78 is 16.2. The van der Waals surface area contributed by atoms with Crippen molar-refractivity contribution in [1.29, 1.82) is 0 Å². The molecule has 2 rings (SSSR count). The highest BCUT2D eigenvalue weighted by molar-refractivity contribution is 5.88. The quantitative estimate of drug-likeness (QED) is 0.311. The Morgan fingerprint density at radius 3 is 2.43 bits per heavy atom. The Morgan fingerprint density at radius 2 is 1.83 bits per heavy atom. The number of esters is 2. The highest BCUT2D eigenvalue weighted by Gasteiger charge is 2.52. The number of carbonyl (C=O) groups excluding carboxylic acids is 2. The molecule has 1 heterocycles. The van der Waals surface area contributed by atoms with Crippen molar-refractivity contribution in [2.45, 2.75) is 95.2 Å². The van der Waals surface area contributed by atoms with Crippen molar-refractivity contribution >= 4 is 11.9 Å². The summed E-state index contributed by atoms with van der Waals surface area (Å²) in [5.74, 6) is -1.20. The predicted octanol–water partition coefficient (Wildman–Crippen LogP) is 2.83. The molecule has 2 N–H and O–H groups in total. The fourth-order valence-electron chi connectivity index (χ4n) is 4.14. The van der Waals surface area contributed by atoms with Gasteiger partial charge in [-0.3, -0.25) is 4.79 Å². The molecule has 0 saturated carbocycles. The maximum atomic E-state index is 12.1. The molecule has 7 nitrogen and oxygen atoms in total. The summed E-state index contributed by atoms with van der Waals surface area (Å²) >= 11 is 0. The van der Waals surface area contributed by atoms with Gasteiger partial charge in [0.2, 0.25) is 0 Å². The van der Waals surface area contributed by atoms with Gasteiger partial charge in [-0.15, -0.1) is 0 Å². The van der Waals surface area contributed by atoms with Crippen molar-refractivity contribution in [2.75, 3.05) is 7.11 Å². The van der Waals surface area contributed by atoms with Gasteiger partial charge in [0.25, 0.3) is 0 Å². The van der Waals surface area contributed by atoms with Crippen LogP contribution in [0.4, 0.5) is 0 Å². The van der Waals surface area contributed by atoms with E-state index in [0.29, 0.717) is 37.7 Å². The van der Waals surface area contributed by atoms with Gasteiger partial charge in [0, 0.05) is 12.5 Å². The predicted molar refractivity (Wildman–Crippen MR) is 112 cm³/mol. The number of aliphatic hydroxyl groups is 2. The van der Waals surface area contributed by atoms with Gasteiger partial charge in [0.1, 0.15) is 6.10 Å². The second kappa shape index (κ2) is 9.20. The first-order chi connectivity index (χ1) is 13.8. The smallest absolute Gasteiger partial charge is 0.333 e. The highest BCUT2D eigenvalue weighted by Crippen LogP contribution is 2.45. The van der Waals surface area contributed by atoms with E-state index < -0.39 is 29.2 Å². The zero-order valence-electron chi connectivity index (χ0n) is 18.8. The molecule has 170 valence electrons. The molecule has 0 bridgehead atoms. The molecule has 0 radical (unpaired) electrons. The van der Waals surface area contributed by atoms with E-state index in [9.17, 15) is 19.8 Å². The van der Waals surface area contributed by atoms with Crippen LogP contribution in [0, 0.1) is 5.92 Å². The van der Waals surface area contributed by atoms with Gasteiger partial charge in [-0.05, 0) is 65.2 Å². The van der Waals surface area contributed by atoms with Gasteiger partial charge in [0.15, 0.2) is 0 Å². The van der Waals surface area contributed by atoms with Crippen molar-refractivity contribution in [3.63, 3.8) is 0 Å². The first-order valence-electron chi connectivity index (χ1n) is 10.5. The summed E-state index contributed by atoms with van der Waals surface area (Å²) in [7, 11) is 1.32. The number of ether oxygens (including phenoxy) is 3. The molecule has 1 aliphatic heterocycles. The molecule has 7 heteroatoms. The Morgan fingerprint density at radius 1 is 1.17 bits per heavy atom. The number of hydrogen-bond acceptors (Lipinski definition) is 7. The molecular formula is C23H36O7. The third-order valence-corrected chi connectivity index (χ3v) is 6.39. The first kappa shape index (κ1) is 24.6. The second-order valence-electron chi connectivity index (χ2n) is 9.36. The number of fused-ring (bicyclic) bond motifs is 1. The third kappa shape index (κ3) is 6.40. The SMILES string of the molecule is C=C(C(=O)OC)C1CCC(C)(O)C(OC(C)=O)CCC(C)(O)C=CCC2(C)OC2C1. The average molecular weight is 425 g/mol. The molecule has 0 aromatic heterocycles. The lowest BCUT2D eigenvalue weighted by molar-refractivity contribution is -0.164. The molecule has 1 aliphatic carbocycles. The minimum absolute atomic E-state index is 0.0596. The van der Waals surface area contributed by atoms with E-state index in [1.54, 1.807) is 19.9 Å². The molecule has 6 atom stereocenters. The van der Waals surface area contributed by atoms with Crippen LogP contribution in [-0.2, 0) is 23.8 Å². The van der Waals surface area contributed by atoms with Crippen LogP contribution in [0.1, 0.15) is 66.2 Å². The third-order valence-electron chi connectivity index (χ3n) is 6.39. The van der Waals surface area contributed by atoms with E-state index in [2.05, 4.69) is 6.58 Å². The maximum Gasteiger partial charge on any atom is 0.333 e. The second-order valence-corrected chi connectivity index (χ2v) is 9.36. The standard InChI is InChI=1S/C23H36O7/c1-15(20(25)28-6)17-8-13-22(4,27)18(29-16(2)24)9-12-21(3,26)10-7-11-23(5)19(14-17)30-23/h7,10,17-19,26-27H,1,8-9,11-14H2,2-6H3. The Kier molecular flexibility index (Phi) is 7.54. The van der Waals surface area contributed by atoms with Gasteiger partial charge >= 0.3 is 11.9 Å². The molecule has 0 aromatic carbocycles. The van der Waals surface area contributed by atoms with Crippen molar-refractivity contribution < 1.29 is 34.0 Å². The fraction of sp³-hybridized carbons (Fsp3) is 0.739. The number of rotatable bonds is 3. The number of hydrogen-bond donors (Lipinski definition) is 2. The van der Waals surface area contributed by atoms with Gasteiger partial charge in [-0.1, -0.05) is 18.7 Å². The van der Waals surface area contributed by atoms with Crippen molar-refractivity contribution in [2.24, 2.45) is 5.92 Å². The molecule has 0 spiro atoms. The van der Waals surface area contributed by atoms with Gasteiger partial charge in [-0.2, -0.15) is 0 Å². The van der Waals surface area contributed by atoms with E-state index >= 15 is 0 Å². The van der Waals surface area contributed by atoms with Crippen molar-refractivity contribution in [3.8, 4) is 0 Å². The molecule has 0 aromatic rings. The summed E-state index contributed by atoms with van der Waals surface area (Å²) in [6.45, 7) is 10.5. The molecule has 1 saturated heterocycles. The van der Waals surface area contributed by atoms with Gasteiger partial charge in [0.05, 0.1) is 30.0 Å². The minimum atomic E-state index is -1.34. The summed E-state index contributed by atoms with van der Waals surface area (Å²) in [4.78, 5) is 23.7. The minimum Gasteiger partial charge on any atom is -0.466 e. The summed E-state index contributed by atoms with van der Waals surface area (Å²) in [6, 6.07) is 0. The number of carbonyl (C=O) groups is 2. The maximum absolute atomic E-state index is 12.1. The molecule has 6 unspecified atom stereocenters. The normalized spacial score (nSPS) is 39.9. The van der Waals surface area contributed by atoms with Crippen molar-refractivity contribution in [3.05, 3.63) is 24.3 Å². The Hall–Kier alpha value is -1.70. The van der Waals surface area contributed by atoms with Crippen LogP contribution in [0.2, 0.25) is 0 Å². The lowest BCUT2D eigenvalue weighted by Gasteiger charge is -2.35. The molecule has 2 aliphatic rings. The van der Waals surface area contributed by atoms with Crippen LogP contribution < -0.4 is 0 Å². The zero-order chi connectivity index (χ0) is 22.7. The van der Waals surface area contributed by atoms with E-state index in [-0.39, 0.29) is 24.0 Å². The number of methoxy groups -OCH3 is 1. The summed E-state index contributed by atoms with van der Waals surface area (Å²) in [5, 5.41) is 21.8. The Bertz CT molecular complexity index is 694. The fourth-order valence-corrected chi connectivity index (χ4v) is 4.14. The largest absolute Gasteiger partial charge is 0.466 e. The topological polar surface area (TPSA) is 106 Å². The van der Waals surface area contributed by atoms with Gasteiger partial charge in [-0.25, -0.2) is 4.79 Å². The lowest BCUT2D eigenvalue weighted by atomic mass is 9.80. The van der Waals surface area contributed by atoms with Crippen molar-refractivity contribution in [1.82, 2.24) is 0 Å².